The Kier molecular flexibility index (Phi) is 5.46. The summed E-state index contributed by atoms with van der Waals surface area (Å²) in [5.74, 6) is 0. The van der Waals surface area contributed by atoms with Gasteiger partial charge in [-0.2, -0.15) is 8.78 Å². The van der Waals surface area contributed by atoms with Gasteiger partial charge in [0.1, 0.15) is 0 Å². The van der Waals surface area contributed by atoms with E-state index < -0.39 is 21.8 Å². The summed E-state index contributed by atoms with van der Waals surface area (Å²) in [5.41, 5.74) is 0. The molecule has 0 saturated heterocycles. The predicted octanol–water partition coefficient (Wildman–Crippen LogP) is 1.07. The smallest absolute Gasteiger partial charge is 0.334 e. The van der Waals surface area contributed by atoms with Crippen molar-refractivity contribution in [2.75, 3.05) is 6.61 Å². The maximum atomic E-state index is 12.5. The van der Waals surface area contributed by atoms with Crippen molar-refractivity contribution in [1.29, 1.82) is 0 Å². The molecule has 86 valence electrons. The lowest BCUT2D eigenvalue weighted by Gasteiger charge is -2.19. The molecule has 0 aromatic carbocycles. The van der Waals surface area contributed by atoms with Crippen LogP contribution < -0.4 is 0 Å². The highest BCUT2D eigenvalue weighted by atomic mass is 32.2. The molecule has 0 amide bonds. The Balaban J connectivity index is 3.79. The summed E-state index contributed by atoms with van der Waals surface area (Å²) < 4.78 is 55.1. The van der Waals surface area contributed by atoms with Gasteiger partial charge in [0.05, 0.1) is 0 Å². The van der Waals surface area contributed by atoms with Crippen molar-refractivity contribution in [2.45, 2.75) is 37.4 Å². The van der Waals surface area contributed by atoms with Crippen LogP contribution in [0.5, 0.6) is 0 Å². The van der Waals surface area contributed by atoms with Crippen LogP contribution in [0.4, 0.5) is 8.78 Å². The highest BCUT2D eigenvalue weighted by molar-refractivity contribution is 7.86. The van der Waals surface area contributed by atoms with E-state index in [1.54, 1.807) is 0 Å². The van der Waals surface area contributed by atoms with Gasteiger partial charge in [-0.1, -0.05) is 12.8 Å². The van der Waals surface area contributed by atoms with Gasteiger partial charge in [0.25, 0.3) is 0 Å². The lowest BCUT2D eigenvalue weighted by molar-refractivity contribution is 0.0670. The maximum Gasteiger partial charge on any atom is 0.334 e. The third-order valence-electron chi connectivity index (χ3n) is 1.74. The molecule has 0 aromatic heterocycles. The van der Waals surface area contributed by atoms with Gasteiger partial charge in [-0.3, -0.25) is 0 Å². The fourth-order valence-electron chi connectivity index (χ4n) is 0.921. The molecule has 0 rings (SSSR count). The summed E-state index contributed by atoms with van der Waals surface area (Å²) in [7, 11) is -5.53. The third-order valence-corrected chi connectivity index (χ3v) is 2.68. The molecule has 0 fully saturated rings. The molecule has 0 aliphatic rings. The van der Waals surface area contributed by atoms with Crippen molar-refractivity contribution in [3.05, 3.63) is 0 Å². The average Bonchev–Trinajstić information content (AvgIpc) is 2.02. The van der Waals surface area contributed by atoms with E-state index in [0.29, 0.717) is 19.3 Å². The van der Waals surface area contributed by atoms with Crippen LogP contribution in [-0.2, 0) is 10.1 Å². The topological polar surface area (TPSA) is 77.4 Å². The number of aliphatic hydroxyl groups is 1. The van der Waals surface area contributed by atoms with Crippen molar-refractivity contribution < 1.29 is 26.9 Å². The summed E-state index contributed by atoms with van der Waals surface area (Å²) in [6.45, 7) is -0.0176. The Morgan fingerprint density at radius 2 is 1.64 bits per heavy atom. The van der Waals surface area contributed by atoms with Crippen LogP contribution in [0, 0.1) is 0 Å². The van der Waals surface area contributed by atoms with Crippen LogP contribution in [0.15, 0.2) is 0 Å². The molecular weight excluding hydrogens is 218 g/mol. The van der Waals surface area contributed by atoms with Crippen LogP contribution in [0.3, 0.4) is 0 Å². The summed E-state index contributed by atoms with van der Waals surface area (Å²) in [5, 5.41) is 4.20. The third kappa shape index (κ3) is 4.83. The Morgan fingerprint density at radius 1 is 1.14 bits per heavy atom. The lowest BCUT2D eigenvalue weighted by Crippen LogP contribution is -2.28. The van der Waals surface area contributed by atoms with Gasteiger partial charge in [-0.25, -0.2) is 8.42 Å². The number of hydrogen-bond donors (Lipinski definition) is 1. The summed E-state index contributed by atoms with van der Waals surface area (Å²) in [6, 6.07) is 0. The molecule has 1 N–H and O–H groups in total. The molecule has 4 nitrogen and oxygen atoms in total. The van der Waals surface area contributed by atoms with Crippen molar-refractivity contribution in [2.24, 2.45) is 0 Å². The molecule has 14 heavy (non-hydrogen) atoms. The van der Waals surface area contributed by atoms with Gasteiger partial charge in [-0.05, 0) is 12.8 Å². The summed E-state index contributed by atoms with van der Waals surface area (Å²) in [6.07, 6.45) is 0.450. The standard InChI is InChI=1S/C7H14F2O4S/c8-7(9,14(11,12)13)5-3-1-2-4-6-10/h10H,1-6H2,(H,11,12,13)/p-1. The first-order valence-electron chi connectivity index (χ1n) is 4.25. The van der Waals surface area contributed by atoms with Gasteiger partial charge in [0.15, 0.2) is 10.1 Å². The van der Waals surface area contributed by atoms with Gasteiger partial charge < -0.3 is 9.66 Å². The fraction of sp³-hybridized carbons (Fsp3) is 1.00. The molecule has 0 saturated carbocycles. The lowest BCUT2D eigenvalue weighted by atomic mass is 10.1. The van der Waals surface area contributed by atoms with E-state index in [0.717, 1.165) is 0 Å². The number of rotatable bonds is 7. The zero-order valence-corrected chi connectivity index (χ0v) is 8.40. The minimum absolute atomic E-state index is 0.0176. The summed E-state index contributed by atoms with van der Waals surface area (Å²) in [4.78, 5) is 0. The van der Waals surface area contributed by atoms with Crippen molar-refractivity contribution in [3.8, 4) is 0 Å². The van der Waals surface area contributed by atoms with Crippen LogP contribution in [0.2, 0.25) is 0 Å². The van der Waals surface area contributed by atoms with Crippen molar-refractivity contribution >= 4 is 10.1 Å². The highest BCUT2D eigenvalue weighted by Crippen LogP contribution is 2.27. The van der Waals surface area contributed by atoms with Crippen molar-refractivity contribution in [3.63, 3.8) is 0 Å². The zero-order chi connectivity index (χ0) is 11.2. The molecule has 0 atom stereocenters. The number of unbranched alkanes of at least 4 members (excludes halogenated alkanes) is 3. The second kappa shape index (κ2) is 5.57. The Morgan fingerprint density at radius 3 is 2.07 bits per heavy atom. The molecule has 0 heterocycles. The highest BCUT2D eigenvalue weighted by Gasteiger charge is 2.36. The second-order valence-electron chi connectivity index (χ2n) is 2.98. The molecule has 0 aliphatic heterocycles. The van der Waals surface area contributed by atoms with Crippen LogP contribution >= 0.6 is 0 Å². The quantitative estimate of drug-likeness (QED) is 0.525. The van der Waals surface area contributed by atoms with E-state index in [-0.39, 0.29) is 13.0 Å². The molecule has 0 bridgehead atoms. The SMILES string of the molecule is O=S(=O)([O-])C(F)(F)CCCCCCO. The molecule has 0 spiro atoms. The van der Waals surface area contributed by atoms with E-state index in [4.69, 9.17) is 5.11 Å². The Labute approximate surface area is 81.7 Å². The number of aliphatic hydroxyl groups excluding tert-OH is 1. The normalized spacial score (nSPS) is 13.1. The first-order valence-corrected chi connectivity index (χ1v) is 5.66. The second-order valence-corrected chi connectivity index (χ2v) is 4.48. The Hall–Kier alpha value is -0.270. The van der Waals surface area contributed by atoms with Gasteiger partial charge in [0, 0.05) is 13.0 Å². The van der Waals surface area contributed by atoms with E-state index in [1.807, 2.05) is 0 Å². The van der Waals surface area contributed by atoms with E-state index >= 15 is 0 Å². The van der Waals surface area contributed by atoms with Gasteiger partial charge >= 0.3 is 5.25 Å². The largest absolute Gasteiger partial charge is 0.743 e. The summed E-state index contributed by atoms with van der Waals surface area (Å²) >= 11 is 0. The van der Waals surface area contributed by atoms with Gasteiger partial charge in [0.2, 0.25) is 0 Å². The number of alkyl halides is 2. The molecule has 0 unspecified atom stereocenters. The monoisotopic (exact) mass is 231 g/mol. The average molecular weight is 231 g/mol. The minimum Gasteiger partial charge on any atom is -0.743 e. The molecule has 0 aliphatic carbocycles. The molecular formula is C7H13F2O4S-. The zero-order valence-electron chi connectivity index (χ0n) is 7.58. The molecule has 0 aromatic rings. The van der Waals surface area contributed by atoms with Crippen molar-refractivity contribution in [1.82, 2.24) is 0 Å². The fourth-order valence-corrected chi connectivity index (χ4v) is 1.32. The van der Waals surface area contributed by atoms with Crippen LogP contribution in [-0.4, -0.2) is 29.9 Å². The molecule has 0 radical (unpaired) electrons. The number of halogens is 2. The van der Waals surface area contributed by atoms with Crippen LogP contribution in [0.1, 0.15) is 32.1 Å². The van der Waals surface area contributed by atoms with E-state index in [2.05, 4.69) is 0 Å². The number of hydrogen-bond acceptors (Lipinski definition) is 4. The van der Waals surface area contributed by atoms with Crippen LogP contribution in [0.25, 0.3) is 0 Å². The molecule has 7 heteroatoms. The predicted molar refractivity (Wildman–Crippen MR) is 44.8 cm³/mol. The minimum atomic E-state index is -5.53. The Bertz CT molecular complexity index is 250. The maximum absolute atomic E-state index is 12.5. The van der Waals surface area contributed by atoms with Gasteiger partial charge in [-0.15, -0.1) is 0 Å². The van der Waals surface area contributed by atoms with E-state index in [1.165, 1.54) is 0 Å². The first-order chi connectivity index (χ1) is 6.31. The first kappa shape index (κ1) is 13.7. The van der Waals surface area contributed by atoms with E-state index in [9.17, 15) is 21.8 Å².